The molecule has 2 aromatic rings. The van der Waals surface area contributed by atoms with Crippen LogP contribution in [0.1, 0.15) is 16.7 Å². The van der Waals surface area contributed by atoms with Gasteiger partial charge in [-0.25, -0.2) is 0 Å². The van der Waals surface area contributed by atoms with E-state index in [-0.39, 0.29) is 0 Å². The highest BCUT2D eigenvalue weighted by Crippen LogP contribution is 2.20. The average Bonchev–Trinajstić information content (AvgIpc) is 2.47. The second-order valence-electron chi connectivity index (χ2n) is 5.09. The maximum Gasteiger partial charge on any atom is 0.121 e. The van der Waals surface area contributed by atoms with E-state index < -0.39 is 0 Å². The third kappa shape index (κ3) is 4.50. The van der Waals surface area contributed by atoms with Crippen LogP contribution in [-0.4, -0.2) is 20.3 Å². The maximum atomic E-state index is 5.62. The van der Waals surface area contributed by atoms with Gasteiger partial charge in [0.2, 0.25) is 0 Å². The smallest absolute Gasteiger partial charge is 0.121 e. The summed E-state index contributed by atoms with van der Waals surface area (Å²) in [7, 11) is 1.67. The molecule has 1 N–H and O–H groups in total. The van der Waals surface area contributed by atoms with E-state index in [1.165, 1.54) is 16.7 Å². The molecule has 21 heavy (non-hydrogen) atoms. The van der Waals surface area contributed by atoms with Crippen molar-refractivity contribution >= 4 is 5.69 Å². The number of methoxy groups -OCH3 is 1. The van der Waals surface area contributed by atoms with Crippen LogP contribution in [0.3, 0.4) is 0 Å². The standard InChI is InChI=1S/C18H23NO2/c1-14-6-4-7-15(2)18(14)13-19-16-8-5-9-17(12-16)21-11-10-20-3/h4-9,12,19H,10-11,13H2,1-3H3. The lowest BCUT2D eigenvalue weighted by Gasteiger charge is -2.13. The monoisotopic (exact) mass is 285 g/mol. The van der Waals surface area contributed by atoms with Gasteiger partial charge in [0.1, 0.15) is 12.4 Å². The zero-order valence-electron chi connectivity index (χ0n) is 13.0. The van der Waals surface area contributed by atoms with Gasteiger partial charge in [0.25, 0.3) is 0 Å². The minimum atomic E-state index is 0.566. The second kappa shape index (κ2) is 7.70. The molecular formula is C18H23NO2. The van der Waals surface area contributed by atoms with Crippen molar-refractivity contribution in [3.05, 3.63) is 59.2 Å². The molecule has 0 bridgehead atoms. The number of ether oxygens (including phenoxy) is 2. The predicted octanol–water partition coefficient (Wildman–Crippen LogP) is 3.94. The molecule has 0 unspecified atom stereocenters. The molecule has 0 fully saturated rings. The molecule has 112 valence electrons. The largest absolute Gasteiger partial charge is 0.491 e. The number of hydrogen-bond acceptors (Lipinski definition) is 3. The first-order chi connectivity index (χ1) is 10.2. The van der Waals surface area contributed by atoms with E-state index in [1.54, 1.807) is 7.11 Å². The third-order valence-electron chi connectivity index (χ3n) is 3.50. The van der Waals surface area contributed by atoms with Crippen molar-refractivity contribution in [1.82, 2.24) is 0 Å². The van der Waals surface area contributed by atoms with Crippen molar-refractivity contribution in [3.8, 4) is 5.75 Å². The van der Waals surface area contributed by atoms with E-state index in [4.69, 9.17) is 9.47 Å². The number of aryl methyl sites for hydroxylation is 2. The number of anilines is 1. The summed E-state index contributed by atoms with van der Waals surface area (Å²) >= 11 is 0. The average molecular weight is 285 g/mol. The summed E-state index contributed by atoms with van der Waals surface area (Å²) < 4.78 is 10.6. The summed E-state index contributed by atoms with van der Waals surface area (Å²) in [4.78, 5) is 0. The molecule has 0 atom stereocenters. The van der Waals surface area contributed by atoms with Crippen LogP contribution in [-0.2, 0) is 11.3 Å². The normalized spacial score (nSPS) is 10.4. The van der Waals surface area contributed by atoms with Crippen molar-refractivity contribution in [2.45, 2.75) is 20.4 Å². The molecule has 0 amide bonds. The second-order valence-corrected chi connectivity index (χ2v) is 5.09. The van der Waals surface area contributed by atoms with Crippen LogP contribution in [0.4, 0.5) is 5.69 Å². The molecule has 0 saturated heterocycles. The maximum absolute atomic E-state index is 5.62. The van der Waals surface area contributed by atoms with E-state index in [2.05, 4.69) is 43.4 Å². The predicted molar refractivity (Wildman–Crippen MR) is 87.1 cm³/mol. The van der Waals surface area contributed by atoms with Gasteiger partial charge in [-0.3, -0.25) is 0 Å². The van der Waals surface area contributed by atoms with Crippen molar-refractivity contribution in [2.75, 3.05) is 25.6 Å². The summed E-state index contributed by atoms with van der Waals surface area (Å²) in [5.74, 6) is 0.860. The summed E-state index contributed by atoms with van der Waals surface area (Å²) in [5.41, 5.74) is 5.04. The Morgan fingerprint density at radius 1 is 0.952 bits per heavy atom. The number of benzene rings is 2. The van der Waals surface area contributed by atoms with Crippen LogP contribution in [0.5, 0.6) is 5.75 Å². The van der Waals surface area contributed by atoms with Crippen LogP contribution in [0.15, 0.2) is 42.5 Å². The molecule has 0 aliphatic rings. The topological polar surface area (TPSA) is 30.5 Å². The molecule has 2 aromatic carbocycles. The van der Waals surface area contributed by atoms with Crippen LogP contribution in [0, 0.1) is 13.8 Å². The summed E-state index contributed by atoms with van der Waals surface area (Å²) in [6.45, 7) is 6.28. The van der Waals surface area contributed by atoms with Crippen molar-refractivity contribution in [3.63, 3.8) is 0 Å². The van der Waals surface area contributed by atoms with E-state index in [0.717, 1.165) is 18.0 Å². The van der Waals surface area contributed by atoms with Gasteiger partial charge in [-0.1, -0.05) is 24.3 Å². The lowest BCUT2D eigenvalue weighted by molar-refractivity contribution is 0.146. The van der Waals surface area contributed by atoms with Gasteiger partial charge >= 0.3 is 0 Å². The van der Waals surface area contributed by atoms with Gasteiger partial charge in [0.05, 0.1) is 6.61 Å². The molecule has 0 saturated carbocycles. The number of nitrogens with one attached hydrogen (secondary N) is 1. The van der Waals surface area contributed by atoms with Gasteiger partial charge in [0, 0.05) is 25.4 Å². The van der Waals surface area contributed by atoms with E-state index >= 15 is 0 Å². The van der Waals surface area contributed by atoms with E-state index in [9.17, 15) is 0 Å². The Balaban J connectivity index is 1.98. The fraction of sp³-hybridized carbons (Fsp3) is 0.333. The Morgan fingerprint density at radius 3 is 2.38 bits per heavy atom. The highest BCUT2D eigenvalue weighted by atomic mass is 16.5. The first-order valence-electron chi connectivity index (χ1n) is 7.21. The molecule has 0 aliphatic heterocycles. The van der Waals surface area contributed by atoms with Crippen LogP contribution in [0.2, 0.25) is 0 Å². The Hall–Kier alpha value is -2.00. The molecule has 0 spiro atoms. The Labute approximate surface area is 126 Å². The van der Waals surface area contributed by atoms with Crippen LogP contribution < -0.4 is 10.1 Å². The fourth-order valence-corrected chi connectivity index (χ4v) is 2.26. The Kier molecular flexibility index (Phi) is 5.64. The lowest BCUT2D eigenvalue weighted by Crippen LogP contribution is -2.05. The zero-order chi connectivity index (χ0) is 15.1. The highest BCUT2D eigenvalue weighted by molar-refractivity contribution is 5.49. The van der Waals surface area contributed by atoms with Gasteiger partial charge in [0.15, 0.2) is 0 Å². The summed E-state index contributed by atoms with van der Waals surface area (Å²) in [6.07, 6.45) is 0. The molecule has 3 nitrogen and oxygen atoms in total. The summed E-state index contributed by atoms with van der Waals surface area (Å²) in [6, 6.07) is 14.4. The number of hydrogen-bond donors (Lipinski definition) is 1. The molecular weight excluding hydrogens is 262 g/mol. The summed E-state index contributed by atoms with van der Waals surface area (Å²) in [5, 5.41) is 3.46. The lowest BCUT2D eigenvalue weighted by atomic mass is 10.0. The van der Waals surface area contributed by atoms with Gasteiger partial charge < -0.3 is 14.8 Å². The minimum Gasteiger partial charge on any atom is -0.491 e. The first-order valence-corrected chi connectivity index (χ1v) is 7.21. The fourth-order valence-electron chi connectivity index (χ4n) is 2.26. The first kappa shape index (κ1) is 15.4. The van der Waals surface area contributed by atoms with Gasteiger partial charge in [-0.2, -0.15) is 0 Å². The quantitative estimate of drug-likeness (QED) is 0.782. The third-order valence-corrected chi connectivity index (χ3v) is 3.50. The molecule has 0 radical (unpaired) electrons. The molecule has 3 heteroatoms. The van der Waals surface area contributed by atoms with E-state index in [0.29, 0.717) is 13.2 Å². The van der Waals surface area contributed by atoms with Crippen molar-refractivity contribution < 1.29 is 9.47 Å². The Morgan fingerprint density at radius 2 is 1.67 bits per heavy atom. The molecule has 2 rings (SSSR count). The van der Waals surface area contributed by atoms with E-state index in [1.807, 2.05) is 18.2 Å². The van der Waals surface area contributed by atoms with Crippen LogP contribution >= 0.6 is 0 Å². The van der Waals surface area contributed by atoms with Gasteiger partial charge in [-0.15, -0.1) is 0 Å². The van der Waals surface area contributed by atoms with Gasteiger partial charge in [-0.05, 0) is 42.7 Å². The SMILES string of the molecule is COCCOc1cccc(NCc2c(C)cccc2C)c1. The minimum absolute atomic E-state index is 0.566. The molecule has 0 heterocycles. The van der Waals surface area contributed by atoms with Crippen molar-refractivity contribution in [2.24, 2.45) is 0 Å². The highest BCUT2D eigenvalue weighted by Gasteiger charge is 2.02. The number of rotatable bonds is 7. The zero-order valence-corrected chi connectivity index (χ0v) is 13.0. The molecule has 0 aromatic heterocycles. The van der Waals surface area contributed by atoms with Crippen LogP contribution in [0.25, 0.3) is 0 Å². The Bertz CT molecular complexity index is 561. The molecule has 0 aliphatic carbocycles. The van der Waals surface area contributed by atoms with Crippen molar-refractivity contribution in [1.29, 1.82) is 0 Å².